The summed E-state index contributed by atoms with van der Waals surface area (Å²) in [6.07, 6.45) is 6.35. The molecule has 2 saturated heterocycles. The largest absolute Gasteiger partial charge is 0.347 e. The van der Waals surface area contributed by atoms with Gasteiger partial charge in [0.25, 0.3) is 0 Å². The molecule has 2 heterocycles. The predicted molar refractivity (Wildman–Crippen MR) is 88.1 cm³/mol. The summed E-state index contributed by atoms with van der Waals surface area (Å²) >= 11 is 2.03. The monoisotopic (exact) mass is 328 g/mol. The summed E-state index contributed by atoms with van der Waals surface area (Å²) in [6, 6.07) is 0.445. The fraction of sp³-hybridized carbons (Fsp3) is 0.938. The third-order valence-corrected chi connectivity index (χ3v) is 6.21. The number of hydrogen-bond donors (Lipinski definition) is 1. The lowest BCUT2D eigenvalue weighted by Gasteiger charge is -2.38. The van der Waals surface area contributed by atoms with Gasteiger partial charge in [0.05, 0.1) is 13.2 Å². The smallest absolute Gasteiger partial charge is 0.317 e. The number of ether oxygens (including phenoxy) is 2. The van der Waals surface area contributed by atoms with Crippen molar-refractivity contribution in [3.63, 3.8) is 0 Å². The molecule has 2 atom stereocenters. The van der Waals surface area contributed by atoms with E-state index >= 15 is 0 Å². The zero-order chi connectivity index (χ0) is 15.4. The van der Waals surface area contributed by atoms with Crippen LogP contribution >= 0.6 is 11.8 Å². The Morgan fingerprint density at radius 2 is 2.00 bits per heavy atom. The van der Waals surface area contributed by atoms with Crippen LogP contribution in [0.1, 0.15) is 45.4 Å². The Hall–Kier alpha value is -0.460. The molecule has 0 aromatic carbocycles. The van der Waals surface area contributed by atoms with Crippen molar-refractivity contribution in [2.75, 3.05) is 32.1 Å². The molecule has 1 aliphatic carbocycles. The van der Waals surface area contributed by atoms with Gasteiger partial charge in [-0.15, -0.1) is 0 Å². The van der Waals surface area contributed by atoms with Crippen molar-refractivity contribution in [2.24, 2.45) is 0 Å². The average molecular weight is 328 g/mol. The van der Waals surface area contributed by atoms with Crippen molar-refractivity contribution in [1.29, 1.82) is 0 Å². The van der Waals surface area contributed by atoms with Crippen LogP contribution in [0.3, 0.4) is 0 Å². The fourth-order valence-corrected chi connectivity index (χ4v) is 4.94. The lowest BCUT2D eigenvalue weighted by molar-refractivity contribution is -0.181. The zero-order valence-electron chi connectivity index (χ0n) is 13.5. The molecule has 22 heavy (non-hydrogen) atoms. The number of thioether (sulfide) groups is 1. The van der Waals surface area contributed by atoms with Crippen LogP contribution in [0.4, 0.5) is 4.79 Å². The highest BCUT2D eigenvalue weighted by Crippen LogP contribution is 2.32. The molecule has 1 saturated carbocycles. The maximum Gasteiger partial charge on any atom is 0.317 e. The minimum atomic E-state index is -0.398. The van der Waals surface area contributed by atoms with Crippen LogP contribution in [-0.2, 0) is 9.47 Å². The van der Waals surface area contributed by atoms with Crippen molar-refractivity contribution < 1.29 is 14.3 Å². The molecule has 1 spiro atoms. The molecule has 6 heteroatoms. The van der Waals surface area contributed by atoms with Crippen molar-refractivity contribution in [1.82, 2.24) is 10.2 Å². The van der Waals surface area contributed by atoms with Gasteiger partial charge in [-0.1, -0.05) is 13.3 Å². The molecule has 1 N–H and O–H groups in total. The van der Waals surface area contributed by atoms with Crippen molar-refractivity contribution >= 4 is 17.8 Å². The first-order valence-electron chi connectivity index (χ1n) is 8.66. The molecule has 0 aromatic rings. The summed E-state index contributed by atoms with van der Waals surface area (Å²) in [4.78, 5) is 14.4. The number of rotatable bonds is 3. The molecule has 3 rings (SSSR count). The normalized spacial score (nSPS) is 31.4. The number of amides is 2. The number of piperidine rings is 1. The first-order valence-corrected chi connectivity index (χ1v) is 9.70. The van der Waals surface area contributed by atoms with Gasteiger partial charge in [-0.2, -0.15) is 11.8 Å². The lowest BCUT2D eigenvalue weighted by atomic mass is 9.95. The van der Waals surface area contributed by atoms with Crippen LogP contribution < -0.4 is 5.32 Å². The average Bonchev–Trinajstić information content (AvgIpc) is 2.97. The van der Waals surface area contributed by atoms with E-state index in [1.807, 2.05) is 16.7 Å². The van der Waals surface area contributed by atoms with Gasteiger partial charge in [-0.3, -0.25) is 0 Å². The third-order valence-electron chi connectivity index (χ3n) is 4.98. The summed E-state index contributed by atoms with van der Waals surface area (Å²) in [6.45, 7) is 5.04. The van der Waals surface area contributed by atoms with Crippen LogP contribution in [0.5, 0.6) is 0 Å². The minimum Gasteiger partial charge on any atom is -0.347 e. The van der Waals surface area contributed by atoms with E-state index in [0.29, 0.717) is 24.5 Å². The Kier molecular flexibility index (Phi) is 5.52. The molecule has 0 bridgehead atoms. The molecule has 0 unspecified atom stereocenters. The molecule has 3 aliphatic rings. The Labute approximate surface area is 137 Å². The quantitative estimate of drug-likeness (QED) is 0.865. The number of carbonyl (C=O) groups excluding carboxylic acids is 1. The number of likely N-dealkylation sites (tertiary alicyclic amines) is 1. The van der Waals surface area contributed by atoms with Gasteiger partial charge in [0.1, 0.15) is 0 Å². The molecular weight excluding hydrogens is 300 g/mol. The van der Waals surface area contributed by atoms with Crippen LogP contribution in [0.2, 0.25) is 0 Å². The van der Waals surface area contributed by atoms with E-state index < -0.39 is 5.79 Å². The van der Waals surface area contributed by atoms with Crippen LogP contribution in [0, 0.1) is 0 Å². The molecule has 126 valence electrons. The fourth-order valence-electron chi connectivity index (χ4n) is 3.77. The predicted octanol–water partition coefficient (Wildman–Crippen LogP) is 2.60. The highest BCUT2D eigenvalue weighted by Gasteiger charge is 2.41. The van der Waals surface area contributed by atoms with Gasteiger partial charge in [0, 0.05) is 37.2 Å². The highest BCUT2D eigenvalue weighted by molar-refractivity contribution is 7.99. The lowest BCUT2D eigenvalue weighted by Crippen LogP contribution is -2.52. The van der Waals surface area contributed by atoms with Gasteiger partial charge >= 0.3 is 6.03 Å². The maximum absolute atomic E-state index is 12.5. The van der Waals surface area contributed by atoms with Crippen molar-refractivity contribution in [2.45, 2.75) is 62.5 Å². The Morgan fingerprint density at radius 3 is 2.68 bits per heavy atom. The highest BCUT2D eigenvalue weighted by atomic mass is 32.2. The summed E-state index contributed by atoms with van der Waals surface area (Å²) in [5.74, 6) is 0.768. The summed E-state index contributed by atoms with van der Waals surface area (Å²) in [5, 5.41) is 3.96. The maximum atomic E-state index is 12.5. The van der Waals surface area contributed by atoms with E-state index in [4.69, 9.17) is 9.47 Å². The van der Waals surface area contributed by atoms with Gasteiger partial charge in [0.15, 0.2) is 5.79 Å². The first-order chi connectivity index (χ1) is 10.7. The molecule has 5 nitrogen and oxygen atoms in total. The van der Waals surface area contributed by atoms with E-state index in [0.717, 1.165) is 38.8 Å². The van der Waals surface area contributed by atoms with Crippen LogP contribution in [0.25, 0.3) is 0 Å². The number of urea groups is 1. The number of nitrogens with one attached hydrogen (secondary N) is 1. The van der Waals surface area contributed by atoms with Gasteiger partial charge in [0.2, 0.25) is 0 Å². The second-order valence-electron chi connectivity index (χ2n) is 6.49. The third kappa shape index (κ3) is 3.89. The number of hydrogen-bond acceptors (Lipinski definition) is 4. The van der Waals surface area contributed by atoms with Crippen molar-refractivity contribution in [3.05, 3.63) is 0 Å². The molecule has 3 fully saturated rings. The summed E-state index contributed by atoms with van der Waals surface area (Å²) in [5.41, 5.74) is 0. The molecular formula is C16H28N2O3S. The van der Waals surface area contributed by atoms with E-state index in [1.165, 1.54) is 18.6 Å². The molecule has 0 radical (unpaired) electrons. The van der Waals surface area contributed by atoms with Gasteiger partial charge in [-0.05, 0) is 25.0 Å². The molecule has 0 aromatic heterocycles. The Bertz CT molecular complexity index is 376. The second kappa shape index (κ2) is 7.41. The van der Waals surface area contributed by atoms with Crippen LogP contribution in [0.15, 0.2) is 0 Å². The van der Waals surface area contributed by atoms with Gasteiger partial charge < -0.3 is 19.7 Å². The van der Waals surface area contributed by atoms with Gasteiger partial charge in [-0.25, -0.2) is 4.79 Å². The van der Waals surface area contributed by atoms with E-state index in [2.05, 4.69) is 12.2 Å². The Morgan fingerprint density at radius 1 is 1.27 bits per heavy atom. The van der Waals surface area contributed by atoms with E-state index in [9.17, 15) is 4.79 Å². The summed E-state index contributed by atoms with van der Waals surface area (Å²) in [7, 11) is 0. The zero-order valence-corrected chi connectivity index (χ0v) is 14.3. The topological polar surface area (TPSA) is 50.8 Å². The van der Waals surface area contributed by atoms with Crippen LogP contribution in [-0.4, -0.2) is 60.1 Å². The van der Waals surface area contributed by atoms with E-state index in [1.54, 1.807) is 0 Å². The SMILES string of the molecule is CCS[C@H]1CCC[C@H](NC(=O)N2CCC3(CC2)OCCO3)C1. The minimum absolute atomic E-state index is 0.0972. The Balaban J connectivity index is 1.44. The van der Waals surface area contributed by atoms with Crippen molar-refractivity contribution in [3.8, 4) is 0 Å². The molecule has 2 amide bonds. The number of nitrogens with zero attached hydrogens (tertiary/aromatic N) is 1. The first kappa shape index (κ1) is 16.4. The standard InChI is InChI=1S/C16H28N2O3S/c1-2-22-14-5-3-4-13(12-14)17-15(19)18-8-6-16(7-9-18)20-10-11-21-16/h13-14H,2-12H2,1H3,(H,17,19)/t13-,14-/m0/s1. The van der Waals surface area contributed by atoms with E-state index in [-0.39, 0.29) is 6.03 Å². The second-order valence-corrected chi connectivity index (χ2v) is 8.06. The molecule has 2 aliphatic heterocycles. The summed E-state index contributed by atoms with van der Waals surface area (Å²) < 4.78 is 11.4. The number of carbonyl (C=O) groups is 1.